The Morgan fingerprint density at radius 3 is 2.40 bits per heavy atom. The molecule has 0 aromatic heterocycles. The van der Waals surface area contributed by atoms with Gasteiger partial charge in [-0.25, -0.2) is 0 Å². The lowest BCUT2D eigenvalue weighted by Crippen LogP contribution is -2.53. The number of nitrogens with one attached hydrogen (secondary N) is 1. The van der Waals surface area contributed by atoms with Crippen LogP contribution >= 0.6 is 0 Å². The maximum absolute atomic E-state index is 12.9. The Balaban J connectivity index is 1.42. The molecule has 0 bridgehead atoms. The topological polar surface area (TPSA) is 67.9 Å². The van der Waals surface area contributed by atoms with Crippen molar-refractivity contribution < 1.29 is 19.1 Å². The van der Waals surface area contributed by atoms with E-state index >= 15 is 0 Å². The van der Waals surface area contributed by atoms with Crippen molar-refractivity contribution in [2.24, 2.45) is 0 Å². The van der Waals surface area contributed by atoms with Crippen molar-refractivity contribution in [1.82, 2.24) is 10.2 Å². The molecule has 0 atom stereocenters. The van der Waals surface area contributed by atoms with Gasteiger partial charge in [0.25, 0.3) is 0 Å². The molecule has 1 amide bonds. The third-order valence-electron chi connectivity index (χ3n) is 5.89. The van der Waals surface area contributed by atoms with Gasteiger partial charge in [-0.05, 0) is 36.6 Å². The molecule has 2 aliphatic rings. The first kappa shape index (κ1) is 20.4. The first-order chi connectivity index (χ1) is 14.6. The highest BCUT2D eigenvalue weighted by Gasteiger charge is 2.37. The van der Waals surface area contributed by atoms with Crippen LogP contribution in [0.3, 0.4) is 0 Å². The van der Waals surface area contributed by atoms with E-state index in [0.717, 1.165) is 37.9 Å². The molecule has 2 aliphatic heterocycles. The van der Waals surface area contributed by atoms with Crippen molar-refractivity contribution in [2.75, 3.05) is 32.8 Å². The summed E-state index contributed by atoms with van der Waals surface area (Å²) in [5.41, 5.74) is 1.39. The van der Waals surface area contributed by atoms with E-state index in [2.05, 4.69) is 22.3 Å². The van der Waals surface area contributed by atoms with Crippen LogP contribution < -0.4 is 14.8 Å². The van der Waals surface area contributed by atoms with Crippen LogP contribution in [0.25, 0.3) is 0 Å². The van der Waals surface area contributed by atoms with Gasteiger partial charge >= 0.3 is 0 Å². The summed E-state index contributed by atoms with van der Waals surface area (Å²) in [6.45, 7) is 4.62. The molecule has 6 heteroatoms. The van der Waals surface area contributed by atoms with Gasteiger partial charge in [0.05, 0.1) is 25.3 Å². The molecule has 0 saturated carbocycles. The largest absolute Gasteiger partial charge is 0.490 e. The van der Waals surface area contributed by atoms with Gasteiger partial charge in [-0.15, -0.1) is 0 Å². The van der Waals surface area contributed by atoms with Gasteiger partial charge in [-0.2, -0.15) is 0 Å². The molecule has 6 nitrogen and oxygen atoms in total. The number of rotatable bonds is 5. The molecule has 158 valence electrons. The second-order valence-corrected chi connectivity index (χ2v) is 8.04. The van der Waals surface area contributed by atoms with E-state index in [9.17, 15) is 9.59 Å². The Labute approximate surface area is 177 Å². The number of Topliss-reactive ketones (excluding diaryl/α,β-unsaturated/α-hetero) is 1. The molecule has 2 heterocycles. The summed E-state index contributed by atoms with van der Waals surface area (Å²) in [6.07, 6.45) is 2.37. The zero-order chi connectivity index (χ0) is 21.0. The summed E-state index contributed by atoms with van der Waals surface area (Å²) in [5, 5.41) is 3.18. The minimum Gasteiger partial charge on any atom is -0.490 e. The van der Waals surface area contributed by atoms with Crippen molar-refractivity contribution in [1.29, 1.82) is 0 Å². The number of piperidine rings is 1. The molecule has 0 unspecified atom stereocenters. The van der Waals surface area contributed by atoms with E-state index in [0.29, 0.717) is 36.8 Å². The molecular weight excluding hydrogens is 380 g/mol. The van der Waals surface area contributed by atoms with E-state index in [4.69, 9.17) is 9.47 Å². The second kappa shape index (κ2) is 8.88. The maximum Gasteiger partial charge on any atom is 0.217 e. The second-order valence-electron chi connectivity index (χ2n) is 8.04. The number of carbonyl (C=O) groups is 2. The number of carbonyl (C=O) groups excluding carboxylic acids is 2. The van der Waals surface area contributed by atoms with Crippen LogP contribution in [-0.2, 0) is 10.3 Å². The lowest BCUT2D eigenvalue weighted by atomic mass is 9.80. The Kier molecular flexibility index (Phi) is 6.04. The lowest BCUT2D eigenvalue weighted by molar-refractivity contribution is -0.121. The monoisotopic (exact) mass is 408 g/mol. The van der Waals surface area contributed by atoms with E-state index < -0.39 is 0 Å². The molecule has 1 fully saturated rings. The Bertz CT molecular complexity index is 905. The maximum atomic E-state index is 12.9. The molecule has 30 heavy (non-hydrogen) atoms. The van der Waals surface area contributed by atoms with Crippen molar-refractivity contribution in [2.45, 2.75) is 31.7 Å². The van der Waals surface area contributed by atoms with Crippen LogP contribution in [-0.4, -0.2) is 49.4 Å². The van der Waals surface area contributed by atoms with Gasteiger partial charge < -0.3 is 14.8 Å². The van der Waals surface area contributed by atoms with E-state index in [1.807, 2.05) is 30.3 Å². The Hall–Kier alpha value is -2.86. The number of fused-ring (bicyclic) bond motifs is 1. The fraction of sp³-hybridized carbons (Fsp3) is 0.417. The average molecular weight is 408 g/mol. The molecule has 0 aliphatic carbocycles. The highest BCUT2D eigenvalue weighted by molar-refractivity contribution is 5.98. The zero-order valence-electron chi connectivity index (χ0n) is 17.4. The van der Waals surface area contributed by atoms with Crippen molar-refractivity contribution in [3.63, 3.8) is 0 Å². The lowest BCUT2D eigenvalue weighted by Gasteiger charge is -2.42. The summed E-state index contributed by atoms with van der Waals surface area (Å²) in [5.74, 6) is 1.38. The number of ether oxygens (including phenoxy) is 2. The van der Waals surface area contributed by atoms with E-state index in [1.165, 1.54) is 0 Å². The summed E-state index contributed by atoms with van der Waals surface area (Å²) < 4.78 is 11.4. The highest BCUT2D eigenvalue weighted by Crippen LogP contribution is 2.34. The van der Waals surface area contributed by atoms with Gasteiger partial charge in [0.2, 0.25) is 5.91 Å². The van der Waals surface area contributed by atoms with Crippen LogP contribution in [0, 0.1) is 0 Å². The predicted octanol–water partition coefficient (Wildman–Crippen LogP) is 3.16. The fourth-order valence-electron chi connectivity index (χ4n) is 4.30. The summed E-state index contributed by atoms with van der Waals surface area (Å²) in [6, 6.07) is 15.5. The minimum atomic E-state index is -0.373. The number of benzene rings is 2. The smallest absolute Gasteiger partial charge is 0.217 e. The van der Waals surface area contributed by atoms with E-state index in [1.54, 1.807) is 13.0 Å². The van der Waals surface area contributed by atoms with Gasteiger partial charge in [0.1, 0.15) is 0 Å². The van der Waals surface area contributed by atoms with Gasteiger partial charge in [-0.3, -0.25) is 14.5 Å². The van der Waals surface area contributed by atoms with Gasteiger partial charge in [0, 0.05) is 32.0 Å². The molecular formula is C24H28N2O4. The number of ketones is 1. The van der Waals surface area contributed by atoms with Crippen LogP contribution in [0.15, 0.2) is 48.5 Å². The Morgan fingerprint density at radius 2 is 1.70 bits per heavy atom. The van der Waals surface area contributed by atoms with Crippen molar-refractivity contribution in [3.8, 4) is 11.5 Å². The molecule has 0 radical (unpaired) electrons. The van der Waals surface area contributed by atoms with Crippen molar-refractivity contribution in [3.05, 3.63) is 59.7 Å². The summed E-state index contributed by atoms with van der Waals surface area (Å²) >= 11 is 0. The quantitative estimate of drug-likeness (QED) is 0.770. The third kappa shape index (κ3) is 4.49. The molecule has 2 aromatic carbocycles. The van der Waals surface area contributed by atoms with Gasteiger partial charge in [-0.1, -0.05) is 30.3 Å². The Morgan fingerprint density at radius 1 is 1.00 bits per heavy atom. The summed E-state index contributed by atoms with van der Waals surface area (Å²) in [7, 11) is 0. The van der Waals surface area contributed by atoms with Crippen LogP contribution in [0.1, 0.15) is 42.1 Å². The number of amides is 1. The highest BCUT2D eigenvalue weighted by atomic mass is 16.5. The molecule has 1 saturated heterocycles. The SMILES string of the molecule is CC(=O)NC1(c2ccccc2)CCN(CC(=O)c2ccc3c(c2)OCCCO3)CC1. The first-order valence-corrected chi connectivity index (χ1v) is 10.6. The number of hydrogen-bond donors (Lipinski definition) is 1. The molecule has 4 rings (SSSR count). The zero-order valence-corrected chi connectivity index (χ0v) is 17.4. The third-order valence-corrected chi connectivity index (χ3v) is 5.89. The normalized spacial score (nSPS) is 18.3. The van der Waals surface area contributed by atoms with Crippen LogP contribution in [0.5, 0.6) is 11.5 Å². The number of nitrogens with zero attached hydrogens (tertiary/aromatic N) is 1. The number of hydrogen-bond acceptors (Lipinski definition) is 5. The van der Waals surface area contributed by atoms with Crippen LogP contribution in [0.4, 0.5) is 0 Å². The fourth-order valence-corrected chi connectivity index (χ4v) is 4.30. The van der Waals surface area contributed by atoms with Gasteiger partial charge in [0.15, 0.2) is 17.3 Å². The number of likely N-dealkylation sites (tertiary alicyclic amines) is 1. The standard InChI is InChI=1S/C24H28N2O4/c1-18(27)25-24(20-6-3-2-4-7-20)10-12-26(13-11-24)17-21(28)19-8-9-22-23(16-19)30-15-5-14-29-22/h2-4,6-9,16H,5,10-15,17H2,1H3,(H,25,27). The van der Waals surface area contributed by atoms with Crippen LogP contribution in [0.2, 0.25) is 0 Å². The minimum absolute atomic E-state index is 0.0319. The molecule has 1 N–H and O–H groups in total. The molecule has 2 aromatic rings. The van der Waals surface area contributed by atoms with E-state index in [-0.39, 0.29) is 17.2 Å². The van der Waals surface area contributed by atoms with Crippen molar-refractivity contribution >= 4 is 11.7 Å². The first-order valence-electron chi connectivity index (χ1n) is 10.6. The summed E-state index contributed by atoms with van der Waals surface area (Å²) in [4.78, 5) is 26.9. The average Bonchev–Trinajstić information content (AvgIpc) is 3.00. The molecule has 0 spiro atoms. The predicted molar refractivity (Wildman–Crippen MR) is 114 cm³/mol.